The van der Waals surface area contributed by atoms with Crippen molar-refractivity contribution in [2.75, 3.05) is 11.9 Å². The zero-order valence-corrected chi connectivity index (χ0v) is 16.7. The minimum atomic E-state index is 0.554. The third kappa shape index (κ3) is 6.34. The van der Waals surface area contributed by atoms with E-state index in [0.717, 1.165) is 35.8 Å². The molecule has 0 spiro atoms. The summed E-state index contributed by atoms with van der Waals surface area (Å²) in [5, 5.41) is 3.49. The summed E-state index contributed by atoms with van der Waals surface area (Å²) in [6.45, 7) is 6.44. The maximum atomic E-state index is 6.02. The second-order valence-electron chi connectivity index (χ2n) is 7.30. The van der Waals surface area contributed by atoms with Crippen molar-refractivity contribution >= 4 is 5.69 Å². The van der Waals surface area contributed by atoms with Crippen LogP contribution in [0.15, 0.2) is 78.9 Å². The Bertz CT molecular complexity index is 846. The maximum Gasteiger partial charge on any atom is 0.142 e. The van der Waals surface area contributed by atoms with Gasteiger partial charge in [0, 0.05) is 6.54 Å². The van der Waals surface area contributed by atoms with Crippen molar-refractivity contribution < 1.29 is 9.47 Å². The van der Waals surface area contributed by atoms with Gasteiger partial charge in [0.05, 0.1) is 12.3 Å². The van der Waals surface area contributed by atoms with Crippen LogP contribution in [-0.4, -0.2) is 6.61 Å². The molecule has 0 amide bonds. The average molecular weight is 376 g/mol. The lowest BCUT2D eigenvalue weighted by atomic mass is 10.1. The van der Waals surface area contributed by atoms with Gasteiger partial charge >= 0.3 is 0 Å². The predicted octanol–water partition coefficient (Wildman–Crippen LogP) is 6.30. The summed E-state index contributed by atoms with van der Waals surface area (Å²) in [5.41, 5.74) is 3.33. The Morgan fingerprint density at radius 1 is 0.786 bits per heavy atom. The Balaban J connectivity index is 1.57. The Hall–Kier alpha value is -2.94. The summed E-state index contributed by atoms with van der Waals surface area (Å²) in [6, 6.07) is 26.5. The number of para-hydroxylation sites is 2. The molecule has 3 heteroatoms. The van der Waals surface area contributed by atoms with Crippen LogP contribution in [0.2, 0.25) is 0 Å². The van der Waals surface area contributed by atoms with Gasteiger partial charge in [-0.1, -0.05) is 68.4 Å². The monoisotopic (exact) mass is 375 g/mol. The molecule has 0 unspecified atom stereocenters. The number of benzene rings is 3. The lowest BCUT2D eigenvalue weighted by Crippen LogP contribution is -2.04. The number of hydrogen-bond acceptors (Lipinski definition) is 3. The molecule has 0 bridgehead atoms. The van der Waals surface area contributed by atoms with Gasteiger partial charge in [0.25, 0.3) is 0 Å². The van der Waals surface area contributed by atoms with E-state index < -0.39 is 0 Å². The van der Waals surface area contributed by atoms with Gasteiger partial charge in [-0.25, -0.2) is 0 Å². The molecule has 0 aliphatic heterocycles. The first-order valence-corrected chi connectivity index (χ1v) is 9.92. The first kappa shape index (κ1) is 19.8. The third-order valence-electron chi connectivity index (χ3n) is 4.47. The van der Waals surface area contributed by atoms with Crippen LogP contribution >= 0.6 is 0 Å². The molecule has 0 saturated carbocycles. The van der Waals surface area contributed by atoms with Crippen LogP contribution < -0.4 is 14.8 Å². The highest BCUT2D eigenvalue weighted by molar-refractivity contribution is 5.56. The molecule has 28 heavy (non-hydrogen) atoms. The minimum Gasteiger partial charge on any atom is -0.494 e. The van der Waals surface area contributed by atoms with E-state index in [1.807, 2.05) is 54.6 Å². The predicted molar refractivity (Wildman–Crippen MR) is 116 cm³/mol. The molecule has 0 aromatic heterocycles. The highest BCUT2D eigenvalue weighted by Crippen LogP contribution is 2.26. The molecule has 3 rings (SSSR count). The Morgan fingerprint density at radius 3 is 2.36 bits per heavy atom. The molecule has 3 aromatic carbocycles. The smallest absolute Gasteiger partial charge is 0.142 e. The Labute approximate surface area is 168 Å². The quantitative estimate of drug-likeness (QED) is 0.451. The normalized spacial score (nSPS) is 10.7. The van der Waals surface area contributed by atoms with Crippen molar-refractivity contribution in [2.45, 2.75) is 33.4 Å². The van der Waals surface area contributed by atoms with E-state index in [0.29, 0.717) is 19.1 Å². The summed E-state index contributed by atoms with van der Waals surface area (Å²) in [6.07, 6.45) is 1.06. The molecule has 1 N–H and O–H groups in total. The van der Waals surface area contributed by atoms with E-state index in [-0.39, 0.29) is 0 Å². The molecular formula is C25H29NO2. The summed E-state index contributed by atoms with van der Waals surface area (Å²) >= 11 is 0. The van der Waals surface area contributed by atoms with Gasteiger partial charge in [-0.2, -0.15) is 0 Å². The van der Waals surface area contributed by atoms with Gasteiger partial charge in [-0.3, -0.25) is 0 Å². The first-order valence-electron chi connectivity index (χ1n) is 9.92. The van der Waals surface area contributed by atoms with Crippen LogP contribution in [0, 0.1) is 5.92 Å². The minimum absolute atomic E-state index is 0.554. The molecule has 146 valence electrons. The maximum absolute atomic E-state index is 6.02. The van der Waals surface area contributed by atoms with Crippen LogP contribution in [-0.2, 0) is 13.2 Å². The number of rotatable bonds is 10. The van der Waals surface area contributed by atoms with Crippen molar-refractivity contribution in [3.8, 4) is 11.5 Å². The van der Waals surface area contributed by atoms with E-state index in [2.05, 4.69) is 43.4 Å². The van der Waals surface area contributed by atoms with Crippen LogP contribution in [0.4, 0.5) is 5.69 Å². The zero-order chi connectivity index (χ0) is 19.6. The number of nitrogens with one attached hydrogen (secondary N) is 1. The molecule has 0 aliphatic carbocycles. The Kier molecular flexibility index (Phi) is 7.36. The van der Waals surface area contributed by atoms with Crippen molar-refractivity contribution in [3.05, 3.63) is 90.0 Å². The standard InChI is InChI=1S/C25H29NO2/c1-20(2)15-16-27-23-12-8-11-22(17-23)18-26-24-13-6-7-14-25(24)28-19-21-9-4-3-5-10-21/h3-14,17,20,26H,15-16,18-19H2,1-2H3. The topological polar surface area (TPSA) is 30.5 Å². The second-order valence-corrected chi connectivity index (χ2v) is 7.30. The second kappa shape index (κ2) is 10.4. The van der Waals surface area contributed by atoms with E-state index in [9.17, 15) is 0 Å². The fourth-order valence-electron chi connectivity index (χ4n) is 2.83. The third-order valence-corrected chi connectivity index (χ3v) is 4.47. The lowest BCUT2D eigenvalue weighted by molar-refractivity contribution is 0.289. The summed E-state index contributed by atoms with van der Waals surface area (Å²) in [7, 11) is 0. The largest absolute Gasteiger partial charge is 0.494 e. The fraction of sp³-hybridized carbons (Fsp3) is 0.280. The lowest BCUT2D eigenvalue weighted by Gasteiger charge is -2.14. The molecule has 0 fully saturated rings. The molecule has 0 heterocycles. The molecular weight excluding hydrogens is 346 g/mol. The van der Waals surface area contributed by atoms with Crippen LogP contribution in [0.1, 0.15) is 31.4 Å². The van der Waals surface area contributed by atoms with Gasteiger partial charge in [0.1, 0.15) is 18.1 Å². The highest BCUT2D eigenvalue weighted by atomic mass is 16.5. The zero-order valence-electron chi connectivity index (χ0n) is 16.7. The van der Waals surface area contributed by atoms with Gasteiger partial charge < -0.3 is 14.8 Å². The van der Waals surface area contributed by atoms with Crippen molar-refractivity contribution in [3.63, 3.8) is 0 Å². The Morgan fingerprint density at radius 2 is 1.54 bits per heavy atom. The summed E-state index contributed by atoms with van der Waals surface area (Å²) in [5.74, 6) is 2.43. The van der Waals surface area contributed by atoms with Gasteiger partial charge in [0.2, 0.25) is 0 Å². The SMILES string of the molecule is CC(C)CCOc1cccc(CNc2ccccc2OCc2ccccc2)c1. The summed E-state index contributed by atoms with van der Waals surface area (Å²) < 4.78 is 11.9. The number of hydrogen-bond donors (Lipinski definition) is 1. The molecule has 0 radical (unpaired) electrons. The average Bonchev–Trinajstić information content (AvgIpc) is 2.72. The van der Waals surface area contributed by atoms with E-state index in [4.69, 9.17) is 9.47 Å². The summed E-state index contributed by atoms with van der Waals surface area (Å²) in [4.78, 5) is 0. The van der Waals surface area contributed by atoms with Crippen molar-refractivity contribution in [2.24, 2.45) is 5.92 Å². The van der Waals surface area contributed by atoms with Gasteiger partial charge in [-0.05, 0) is 47.7 Å². The van der Waals surface area contributed by atoms with E-state index in [1.54, 1.807) is 0 Å². The molecule has 0 atom stereocenters. The number of anilines is 1. The van der Waals surface area contributed by atoms with Crippen LogP contribution in [0.25, 0.3) is 0 Å². The molecule has 0 saturated heterocycles. The molecule has 3 aromatic rings. The fourth-order valence-corrected chi connectivity index (χ4v) is 2.83. The molecule has 3 nitrogen and oxygen atoms in total. The molecule has 0 aliphatic rings. The van der Waals surface area contributed by atoms with Gasteiger partial charge in [-0.15, -0.1) is 0 Å². The highest BCUT2D eigenvalue weighted by Gasteiger charge is 2.04. The van der Waals surface area contributed by atoms with Crippen LogP contribution in [0.5, 0.6) is 11.5 Å². The van der Waals surface area contributed by atoms with Crippen LogP contribution in [0.3, 0.4) is 0 Å². The van der Waals surface area contributed by atoms with E-state index in [1.165, 1.54) is 5.56 Å². The van der Waals surface area contributed by atoms with Crippen molar-refractivity contribution in [1.82, 2.24) is 0 Å². The van der Waals surface area contributed by atoms with Crippen molar-refractivity contribution in [1.29, 1.82) is 0 Å². The number of ether oxygens (including phenoxy) is 2. The van der Waals surface area contributed by atoms with E-state index >= 15 is 0 Å². The van der Waals surface area contributed by atoms with Gasteiger partial charge in [0.15, 0.2) is 0 Å². The first-order chi connectivity index (χ1) is 13.7.